The molecule has 0 saturated carbocycles. The van der Waals surface area contributed by atoms with E-state index in [1.807, 2.05) is 0 Å². The summed E-state index contributed by atoms with van der Waals surface area (Å²) in [6.45, 7) is -8.75. The van der Waals surface area contributed by atoms with E-state index in [0.717, 1.165) is 0 Å². The van der Waals surface area contributed by atoms with Crippen molar-refractivity contribution in [2.75, 3.05) is 59.5 Å². The maximum atomic E-state index is 12.0. The largest absolute Gasteiger partial charge is 0.394 e. The fourth-order valence-electron chi connectivity index (χ4n) is 12.3. The first-order chi connectivity index (χ1) is 45.6. The summed E-state index contributed by atoms with van der Waals surface area (Å²) in [7, 11) is 0. The first kappa shape index (κ1) is 78.4. The van der Waals surface area contributed by atoms with Gasteiger partial charge in [-0.25, -0.2) is 0 Å². The Labute approximate surface area is 541 Å². The van der Waals surface area contributed by atoms with E-state index < -0.39 is 324 Å². The van der Waals surface area contributed by atoms with Gasteiger partial charge in [-0.3, -0.25) is 0 Å². The minimum absolute atomic E-state index is 0.881. The van der Waals surface area contributed by atoms with Gasteiger partial charge < -0.3 is 218 Å². The molecule has 9 aliphatic rings. The van der Waals surface area contributed by atoms with Crippen LogP contribution < -0.4 is 0 Å². The van der Waals surface area contributed by atoms with Crippen molar-refractivity contribution in [3.8, 4) is 0 Å². The number of rotatable bonds is 25. The van der Waals surface area contributed by atoms with Gasteiger partial charge in [0, 0.05) is 0 Å². The molecule has 43 atom stereocenters. The highest BCUT2D eigenvalue weighted by atomic mass is 16.8. The topological polar surface area (TPSA) is 703 Å². The molecule has 0 aromatic carbocycles. The first-order valence-corrected chi connectivity index (χ1v) is 30.5. The molecule has 0 radical (unpaired) electrons. The molecule has 0 aromatic rings. The van der Waals surface area contributed by atoms with Gasteiger partial charge in [0.1, 0.15) is 208 Å². The Kier molecular flexibility index (Phi) is 27.6. The number of aliphatic hydroxyl groups excluding tert-OH is 27. The summed E-state index contributed by atoms with van der Waals surface area (Å²) in [6, 6.07) is 0. The lowest BCUT2D eigenvalue weighted by Crippen LogP contribution is -2.68. The molecule has 1 unspecified atom stereocenters. The van der Waals surface area contributed by atoms with Crippen LogP contribution >= 0.6 is 0 Å². The Morgan fingerprint density at radius 2 is 0.396 bits per heavy atom. The summed E-state index contributed by atoms with van der Waals surface area (Å²) in [5.41, 5.74) is 0. The van der Waals surface area contributed by atoms with E-state index in [2.05, 4.69) is 0 Å². The molecule has 96 heavy (non-hydrogen) atoms. The summed E-state index contributed by atoms with van der Waals surface area (Å²) in [4.78, 5) is 0. The average Bonchev–Trinajstić information content (AvgIpc) is 0.869. The van der Waals surface area contributed by atoms with E-state index in [4.69, 9.17) is 80.5 Å². The highest BCUT2D eigenvalue weighted by Crippen LogP contribution is 2.39. The third-order valence-electron chi connectivity index (χ3n) is 18.0. The Morgan fingerprint density at radius 1 is 0.177 bits per heavy atom. The first-order valence-electron chi connectivity index (χ1n) is 30.5. The van der Waals surface area contributed by atoms with Crippen LogP contribution in [0.4, 0.5) is 0 Å². The maximum Gasteiger partial charge on any atom is 0.187 e. The lowest BCUT2D eigenvalue weighted by molar-refractivity contribution is -0.394. The van der Waals surface area contributed by atoms with Crippen molar-refractivity contribution in [1.82, 2.24) is 0 Å². The second-order valence-electron chi connectivity index (χ2n) is 24.3. The molecule has 9 aliphatic heterocycles. The Hall–Kier alpha value is -1.76. The van der Waals surface area contributed by atoms with E-state index in [9.17, 15) is 138 Å². The Morgan fingerprint density at radius 3 is 0.729 bits per heavy atom. The van der Waals surface area contributed by atoms with Crippen LogP contribution in [-0.4, -0.2) is 461 Å². The fraction of sp³-hybridized carbons (Fsp3) is 1.00. The average molecular weight is 1420 g/mol. The summed E-state index contributed by atoms with van der Waals surface area (Å²) in [6.07, 6.45) is -84.8. The summed E-state index contributed by atoms with van der Waals surface area (Å²) in [5, 5.41) is 289. The molecule has 9 saturated heterocycles. The van der Waals surface area contributed by atoms with Crippen molar-refractivity contribution in [3.05, 3.63) is 0 Å². The van der Waals surface area contributed by atoms with Crippen molar-refractivity contribution in [1.29, 1.82) is 0 Å². The normalized spacial score (nSPS) is 53.6. The lowest BCUT2D eigenvalue weighted by atomic mass is 9.95. The van der Waals surface area contributed by atoms with Crippen LogP contribution in [0.3, 0.4) is 0 Å². The number of hydrogen-bond donors (Lipinski definition) is 27. The van der Waals surface area contributed by atoms with Gasteiger partial charge in [0.05, 0.1) is 59.5 Å². The highest BCUT2D eigenvalue weighted by Gasteiger charge is 2.59. The standard InChI is InChI=1S/C52H88O44/c53-1-10-19(60)24(65)32(73)45(83-10)95-42-22(63)12(3-55)85-51(42)80-8-17-21(62)26(67)34(75)47(89-17)94-41-18(9-81-52-43(23(64)13(4-56)86-52)96-46-33(74)25(66)20(61)11(2-54)84-46)90-50(37(78)30(41)71)93-40-16(7-59)88-49(36(77)29(40)70)92-39-15(6-58)87-48(35(76)28(39)69)91-38-14(5-57)82-44(79)31(72)27(38)68/h10-79H,1-9H2/t10-,11-,12-,13-,14+,15+,16+,17-,18?,19+,20+,21-,22+,23+,24-,25-,26-,27-,28-,29+,30-,31-,32+,33+,34+,35-,36-,37-,38-,39+,40+,41+,42+,43-,44-,45+,46+,47+,48-,49-,50-,51+,52+/m0/s1. The zero-order valence-electron chi connectivity index (χ0n) is 50.2. The van der Waals surface area contributed by atoms with Gasteiger partial charge in [0.2, 0.25) is 0 Å². The SMILES string of the molecule is OC[C@@H]1O[C@H](O[C@@H]2[C@H](OCC3O[C@@H](O[C@H]4[C@H](O)[C@H](O)[C@H](O[C@H]5[C@@H](O)[C@H](O)[C@H](O[C@@H]6[C@@H](O)[C@H](O)[C@@H](O)O[C@@H]6CO)O[C@@H]5CO)O[C@@H]4CO)[C@@H](O)[C@H](O)[C@@H]3O[C@H]3O[C@@H](CO[C@@H]4O[C@@H](CO)[C@@H](O)[C@H]4O[C@H]4O[C@@H](CO)[C@@H](O)[C@H](O)[C@H]4O)[C@H](O)[C@H](O)[C@H]3O)O[C@@H](CO)[C@H]2O)[C@H](O)[C@@H](O)[C@@H]1O. The van der Waals surface area contributed by atoms with Gasteiger partial charge >= 0.3 is 0 Å². The Bertz CT molecular complexity index is 2340. The number of hydrogen-bond acceptors (Lipinski definition) is 44. The van der Waals surface area contributed by atoms with Crippen LogP contribution in [0.5, 0.6) is 0 Å². The summed E-state index contributed by atoms with van der Waals surface area (Å²) >= 11 is 0. The highest BCUT2D eigenvalue weighted by molar-refractivity contribution is 5.01. The van der Waals surface area contributed by atoms with Gasteiger partial charge in [-0.15, -0.1) is 0 Å². The second kappa shape index (κ2) is 33.8. The molecule has 9 rings (SSSR count). The van der Waals surface area contributed by atoms with Crippen LogP contribution in [0.2, 0.25) is 0 Å². The van der Waals surface area contributed by atoms with Crippen molar-refractivity contribution in [2.24, 2.45) is 0 Å². The third-order valence-corrected chi connectivity index (χ3v) is 18.0. The Balaban J connectivity index is 0.923. The van der Waals surface area contributed by atoms with Gasteiger partial charge in [-0.2, -0.15) is 0 Å². The molecular formula is C52H88O44. The van der Waals surface area contributed by atoms with E-state index in [1.165, 1.54) is 0 Å². The van der Waals surface area contributed by atoms with Gasteiger partial charge in [-0.05, 0) is 0 Å². The van der Waals surface area contributed by atoms with Crippen LogP contribution in [0, 0.1) is 0 Å². The van der Waals surface area contributed by atoms with Gasteiger partial charge in [-0.1, -0.05) is 0 Å². The second-order valence-corrected chi connectivity index (χ2v) is 24.3. The number of ether oxygens (including phenoxy) is 17. The molecule has 0 spiro atoms. The van der Waals surface area contributed by atoms with E-state index in [-0.39, 0.29) is 0 Å². The molecule has 0 amide bonds. The van der Waals surface area contributed by atoms with Crippen LogP contribution in [0.15, 0.2) is 0 Å². The zero-order valence-corrected chi connectivity index (χ0v) is 50.2. The predicted octanol–water partition coefficient (Wildman–Crippen LogP) is -19.3. The molecular weight excluding hydrogens is 1330 g/mol. The molecule has 44 heteroatoms. The molecule has 9 heterocycles. The van der Waals surface area contributed by atoms with Crippen molar-refractivity contribution in [2.45, 2.75) is 264 Å². The van der Waals surface area contributed by atoms with Crippen LogP contribution in [0.25, 0.3) is 0 Å². The van der Waals surface area contributed by atoms with Crippen molar-refractivity contribution < 1.29 is 218 Å². The quantitative estimate of drug-likeness (QED) is 0.0404. The van der Waals surface area contributed by atoms with E-state index in [1.54, 1.807) is 0 Å². The van der Waals surface area contributed by atoms with Gasteiger partial charge in [0.25, 0.3) is 0 Å². The monoisotopic (exact) mass is 1420 g/mol. The van der Waals surface area contributed by atoms with Crippen LogP contribution in [0.1, 0.15) is 0 Å². The minimum Gasteiger partial charge on any atom is -0.394 e. The van der Waals surface area contributed by atoms with Crippen molar-refractivity contribution >= 4 is 0 Å². The molecule has 560 valence electrons. The molecule has 9 fully saturated rings. The summed E-state index contributed by atoms with van der Waals surface area (Å²) in [5.74, 6) is 0. The maximum absolute atomic E-state index is 12.0. The van der Waals surface area contributed by atoms with Crippen LogP contribution in [-0.2, 0) is 80.5 Å². The van der Waals surface area contributed by atoms with E-state index >= 15 is 0 Å². The summed E-state index contributed by atoms with van der Waals surface area (Å²) < 4.78 is 96.5. The zero-order chi connectivity index (χ0) is 70.2. The lowest BCUT2D eigenvalue weighted by Gasteiger charge is -2.49. The molecule has 44 nitrogen and oxygen atoms in total. The number of aliphatic hydroxyl groups is 27. The smallest absolute Gasteiger partial charge is 0.187 e. The molecule has 0 bridgehead atoms. The molecule has 0 aromatic heterocycles. The fourth-order valence-corrected chi connectivity index (χ4v) is 12.3. The predicted molar refractivity (Wildman–Crippen MR) is 285 cm³/mol. The van der Waals surface area contributed by atoms with Gasteiger partial charge in [0.15, 0.2) is 56.6 Å². The van der Waals surface area contributed by atoms with E-state index in [0.29, 0.717) is 0 Å². The minimum atomic E-state index is -2.42. The van der Waals surface area contributed by atoms with Crippen molar-refractivity contribution in [3.63, 3.8) is 0 Å². The molecule has 27 N–H and O–H groups in total. The third kappa shape index (κ3) is 16.1. The molecule has 0 aliphatic carbocycles.